The van der Waals surface area contributed by atoms with Crippen LogP contribution in [0.4, 0.5) is 22.9 Å². The molecule has 0 saturated heterocycles. The fourth-order valence-corrected chi connectivity index (χ4v) is 4.78. The maximum Gasteiger partial charge on any atom is 0.274 e. The van der Waals surface area contributed by atoms with Crippen molar-refractivity contribution in [3.05, 3.63) is 88.0 Å². The van der Waals surface area contributed by atoms with Gasteiger partial charge in [0.1, 0.15) is 5.69 Å². The van der Waals surface area contributed by atoms with Crippen LogP contribution in [-0.2, 0) is 20.5 Å². The van der Waals surface area contributed by atoms with E-state index in [9.17, 15) is 9.59 Å². The zero-order valence-corrected chi connectivity index (χ0v) is 21.2. The van der Waals surface area contributed by atoms with Crippen LogP contribution in [0.15, 0.2) is 65.7 Å². The van der Waals surface area contributed by atoms with Crippen molar-refractivity contribution in [2.75, 3.05) is 35.8 Å². The molecule has 1 amide bonds. The molecule has 184 valence electrons. The number of hydrogen-bond acceptors (Lipinski definition) is 5. The fourth-order valence-electron chi connectivity index (χ4n) is 4.78. The van der Waals surface area contributed by atoms with Crippen LogP contribution in [-0.4, -0.2) is 40.9 Å². The van der Waals surface area contributed by atoms with E-state index in [0.717, 1.165) is 45.6 Å². The minimum atomic E-state index is -0.141. The number of fused-ring (bicyclic) bond motifs is 1. The predicted octanol–water partition coefficient (Wildman–Crippen LogP) is 4.11. The van der Waals surface area contributed by atoms with Crippen molar-refractivity contribution in [2.24, 2.45) is 14.1 Å². The minimum Gasteiger partial charge on any atom is -0.378 e. The minimum absolute atomic E-state index is 0.0137. The van der Waals surface area contributed by atoms with Gasteiger partial charge in [0.15, 0.2) is 5.82 Å². The lowest BCUT2D eigenvalue weighted by molar-refractivity contribution is 0.0980. The van der Waals surface area contributed by atoms with Crippen molar-refractivity contribution in [1.29, 1.82) is 0 Å². The molecule has 0 unspecified atom stereocenters. The third-order valence-corrected chi connectivity index (χ3v) is 6.75. The molecular formula is C28H30N6O2. The highest BCUT2D eigenvalue weighted by Crippen LogP contribution is 2.34. The molecule has 0 spiro atoms. The second-order valence-electron chi connectivity index (χ2n) is 9.45. The van der Waals surface area contributed by atoms with Crippen LogP contribution < -0.4 is 20.7 Å². The molecule has 0 atom stereocenters. The molecule has 2 aromatic heterocycles. The summed E-state index contributed by atoms with van der Waals surface area (Å²) in [6, 6.07) is 15.7. The van der Waals surface area contributed by atoms with Crippen molar-refractivity contribution in [3.8, 4) is 11.1 Å². The molecule has 2 aromatic carbocycles. The van der Waals surface area contributed by atoms with E-state index in [-0.39, 0.29) is 11.5 Å². The van der Waals surface area contributed by atoms with Crippen LogP contribution in [0.3, 0.4) is 0 Å². The van der Waals surface area contributed by atoms with Gasteiger partial charge in [-0.15, -0.1) is 0 Å². The summed E-state index contributed by atoms with van der Waals surface area (Å²) in [5.74, 6) is 0.618. The third-order valence-electron chi connectivity index (χ3n) is 6.75. The highest BCUT2D eigenvalue weighted by atomic mass is 16.2. The summed E-state index contributed by atoms with van der Waals surface area (Å²) in [7, 11) is 7.58. The Labute approximate surface area is 210 Å². The molecular weight excluding hydrogens is 452 g/mol. The lowest BCUT2D eigenvalue weighted by Gasteiger charge is -2.31. The van der Waals surface area contributed by atoms with Gasteiger partial charge in [-0.3, -0.25) is 14.3 Å². The molecule has 8 heteroatoms. The van der Waals surface area contributed by atoms with Gasteiger partial charge in [-0.2, -0.15) is 5.10 Å². The van der Waals surface area contributed by atoms with Crippen molar-refractivity contribution >= 4 is 28.8 Å². The smallest absolute Gasteiger partial charge is 0.274 e. The molecule has 1 N–H and O–H groups in total. The first-order valence-corrected chi connectivity index (χ1v) is 11.9. The first-order chi connectivity index (χ1) is 17.2. The summed E-state index contributed by atoms with van der Waals surface area (Å²) in [6.07, 6.45) is 4.44. The van der Waals surface area contributed by atoms with Crippen molar-refractivity contribution < 1.29 is 4.79 Å². The number of hydrogen-bond donors (Lipinski definition) is 1. The SMILES string of the molecule is Cc1c(-c2cc(Nc3ccn(C)n3)c(=O)n(C)c2)cccc1N1CCc2cc(N(C)C)ccc2C1=O. The van der Waals surface area contributed by atoms with E-state index in [2.05, 4.69) is 21.4 Å². The Morgan fingerprint density at radius 2 is 1.81 bits per heavy atom. The number of nitrogens with zero attached hydrogens (tertiary/aromatic N) is 5. The summed E-state index contributed by atoms with van der Waals surface area (Å²) in [4.78, 5) is 30.2. The van der Waals surface area contributed by atoms with E-state index in [1.54, 1.807) is 16.3 Å². The van der Waals surface area contributed by atoms with E-state index in [1.807, 2.05) is 87.8 Å². The van der Waals surface area contributed by atoms with Crippen molar-refractivity contribution in [2.45, 2.75) is 13.3 Å². The Morgan fingerprint density at radius 3 is 2.53 bits per heavy atom. The number of nitrogens with one attached hydrogen (secondary N) is 1. The summed E-state index contributed by atoms with van der Waals surface area (Å²) in [5.41, 5.74) is 6.95. The maximum atomic E-state index is 13.5. The van der Waals surface area contributed by atoms with Gasteiger partial charge in [0.25, 0.3) is 11.5 Å². The topological polar surface area (TPSA) is 75.4 Å². The predicted molar refractivity (Wildman–Crippen MR) is 144 cm³/mol. The number of carbonyl (C=O) groups excluding carboxylic acids is 1. The first kappa shape index (κ1) is 23.4. The second-order valence-corrected chi connectivity index (χ2v) is 9.45. The van der Waals surface area contributed by atoms with Crippen LogP contribution in [0.1, 0.15) is 21.5 Å². The molecule has 3 heterocycles. The van der Waals surface area contributed by atoms with Gasteiger partial charge >= 0.3 is 0 Å². The molecule has 5 rings (SSSR count). The maximum absolute atomic E-state index is 13.5. The first-order valence-electron chi connectivity index (χ1n) is 11.9. The quantitative estimate of drug-likeness (QED) is 0.463. The second kappa shape index (κ2) is 9.03. The number of rotatable bonds is 5. The average Bonchev–Trinajstić information content (AvgIpc) is 3.26. The molecule has 4 aromatic rings. The van der Waals surface area contributed by atoms with Crippen molar-refractivity contribution in [1.82, 2.24) is 14.3 Å². The summed E-state index contributed by atoms with van der Waals surface area (Å²) < 4.78 is 3.25. The number of carbonyl (C=O) groups is 1. The van der Waals surface area contributed by atoms with Crippen LogP contribution in [0, 0.1) is 6.92 Å². The van der Waals surface area contributed by atoms with Gasteiger partial charge in [-0.25, -0.2) is 0 Å². The van der Waals surface area contributed by atoms with E-state index in [0.29, 0.717) is 18.1 Å². The third kappa shape index (κ3) is 4.15. The molecule has 0 saturated carbocycles. The van der Waals surface area contributed by atoms with Crippen LogP contribution in [0.5, 0.6) is 0 Å². The Kier molecular flexibility index (Phi) is 5.88. The highest BCUT2D eigenvalue weighted by Gasteiger charge is 2.27. The van der Waals surface area contributed by atoms with Gasteiger partial charge in [0.05, 0.1) is 0 Å². The number of aryl methyl sites for hydroxylation is 2. The number of aromatic nitrogens is 3. The van der Waals surface area contributed by atoms with Crippen LogP contribution in [0.2, 0.25) is 0 Å². The number of pyridine rings is 1. The Hall–Kier alpha value is -4.33. The largest absolute Gasteiger partial charge is 0.378 e. The van der Waals surface area contributed by atoms with Gasteiger partial charge in [0, 0.05) is 75.7 Å². The Balaban J connectivity index is 1.51. The zero-order valence-electron chi connectivity index (χ0n) is 21.2. The van der Waals surface area contributed by atoms with Gasteiger partial charge in [0.2, 0.25) is 0 Å². The van der Waals surface area contributed by atoms with Crippen LogP contribution in [0.25, 0.3) is 11.1 Å². The molecule has 1 aliphatic rings. The summed E-state index contributed by atoms with van der Waals surface area (Å²) in [6.45, 7) is 2.65. The van der Waals surface area contributed by atoms with Gasteiger partial charge in [-0.1, -0.05) is 12.1 Å². The van der Waals surface area contributed by atoms with Crippen molar-refractivity contribution in [3.63, 3.8) is 0 Å². The molecule has 0 bridgehead atoms. The monoisotopic (exact) mass is 482 g/mol. The Morgan fingerprint density at radius 1 is 1.00 bits per heavy atom. The zero-order chi connectivity index (χ0) is 25.6. The number of benzene rings is 2. The number of amides is 1. The summed E-state index contributed by atoms with van der Waals surface area (Å²) in [5, 5.41) is 7.46. The van der Waals surface area contributed by atoms with Crippen LogP contribution >= 0.6 is 0 Å². The fraction of sp³-hybridized carbons (Fsp3) is 0.250. The number of anilines is 4. The average molecular weight is 483 g/mol. The molecule has 1 aliphatic heterocycles. The lowest BCUT2D eigenvalue weighted by atomic mass is 9.95. The van der Waals surface area contributed by atoms with E-state index >= 15 is 0 Å². The van der Waals surface area contributed by atoms with Gasteiger partial charge < -0.3 is 19.7 Å². The summed E-state index contributed by atoms with van der Waals surface area (Å²) >= 11 is 0. The standard InChI is InChI=1S/C28H30N6O2/c1-18-22(20-16-24(28(36)32(4)17-20)29-26-12-13-33(5)30-26)7-6-8-25(18)34-14-11-19-15-21(31(2)3)9-10-23(19)27(34)35/h6-10,12-13,15-17H,11,14H2,1-5H3,(H,29,30). The van der Waals surface area contributed by atoms with Gasteiger partial charge in [-0.05, 0) is 60.4 Å². The van der Waals surface area contributed by atoms with E-state index in [4.69, 9.17) is 0 Å². The lowest BCUT2D eigenvalue weighted by Crippen LogP contribution is -2.38. The molecule has 8 nitrogen and oxygen atoms in total. The molecule has 0 aliphatic carbocycles. The molecule has 0 fully saturated rings. The Bertz CT molecular complexity index is 1530. The highest BCUT2D eigenvalue weighted by molar-refractivity contribution is 6.09. The van der Waals surface area contributed by atoms with E-state index < -0.39 is 0 Å². The normalized spacial score (nSPS) is 13.0. The molecule has 0 radical (unpaired) electrons. The van der Waals surface area contributed by atoms with E-state index in [1.165, 1.54) is 0 Å². The molecule has 36 heavy (non-hydrogen) atoms.